The molecule has 30 heavy (non-hydrogen) atoms. The maximum atomic E-state index is 14.4. The van der Waals surface area contributed by atoms with Gasteiger partial charge in [-0.05, 0) is 30.2 Å². The van der Waals surface area contributed by atoms with Gasteiger partial charge in [0.25, 0.3) is 0 Å². The first kappa shape index (κ1) is 21.2. The van der Waals surface area contributed by atoms with Crippen molar-refractivity contribution in [2.45, 2.75) is 19.4 Å². The molecular weight excluding hydrogens is 390 g/mol. The maximum Gasteiger partial charge on any atom is 0.341 e. The Morgan fingerprint density at radius 3 is 1.97 bits per heavy atom. The second kappa shape index (κ2) is 9.78. The molecule has 0 saturated heterocycles. The van der Waals surface area contributed by atoms with Crippen LogP contribution < -0.4 is 0 Å². The first-order valence-electron chi connectivity index (χ1n) is 9.44. The van der Waals surface area contributed by atoms with Crippen LogP contribution in [0.25, 0.3) is 0 Å². The quantitative estimate of drug-likeness (QED) is 0.514. The molecule has 6 heteroatoms. The SMILES string of the molecule is CCOC(=O)c1cc(F)c(CC(=O)OC(c2ccccc2)c2ccccc2)cc1F. The third-order valence-corrected chi connectivity index (χ3v) is 4.42. The Morgan fingerprint density at radius 2 is 1.43 bits per heavy atom. The molecule has 0 unspecified atom stereocenters. The van der Waals surface area contributed by atoms with Gasteiger partial charge in [-0.25, -0.2) is 13.6 Å². The summed E-state index contributed by atoms with van der Waals surface area (Å²) in [4.78, 5) is 24.2. The lowest BCUT2D eigenvalue weighted by Gasteiger charge is -2.19. The first-order valence-corrected chi connectivity index (χ1v) is 9.44. The molecule has 3 rings (SSSR count). The highest BCUT2D eigenvalue weighted by atomic mass is 19.1. The van der Waals surface area contributed by atoms with Crippen LogP contribution in [0.15, 0.2) is 72.8 Å². The van der Waals surface area contributed by atoms with E-state index in [1.54, 1.807) is 6.92 Å². The van der Waals surface area contributed by atoms with Gasteiger partial charge < -0.3 is 9.47 Å². The number of carbonyl (C=O) groups is 2. The summed E-state index contributed by atoms with van der Waals surface area (Å²) in [7, 11) is 0. The van der Waals surface area contributed by atoms with Crippen molar-refractivity contribution < 1.29 is 27.8 Å². The minimum absolute atomic E-state index is 0.0360. The molecule has 0 saturated carbocycles. The number of hydrogen-bond donors (Lipinski definition) is 0. The number of carbonyl (C=O) groups excluding carboxylic acids is 2. The van der Waals surface area contributed by atoms with E-state index in [2.05, 4.69) is 0 Å². The highest BCUT2D eigenvalue weighted by Gasteiger charge is 2.22. The molecule has 0 N–H and O–H groups in total. The number of benzene rings is 3. The third kappa shape index (κ3) is 5.08. The van der Waals surface area contributed by atoms with Crippen molar-refractivity contribution in [2.24, 2.45) is 0 Å². The summed E-state index contributed by atoms with van der Waals surface area (Å²) in [6.45, 7) is 1.60. The summed E-state index contributed by atoms with van der Waals surface area (Å²) in [6, 6.07) is 19.8. The predicted molar refractivity (Wildman–Crippen MR) is 107 cm³/mol. The molecule has 154 valence electrons. The molecule has 0 atom stereocenters. The fraction of sp³-hybridized carbons (Fsp3) is 0.167. The number of halogens is 2. The van der Waals surface area contributed by atoms with E-state index in [9.17, 15) is 18.4 Å². The van der Waals surface area contributed by atoms with E-state index in [0.717, 1.165) is 23.3 Å². The van der Waals surface area contributed by atoms with Crippen LogP contribution >= 0.6 is 0 Å². The van der Waals surface area contributed by atoms with Gasteiger partial charge in [-0.3, -0.25) is 4.79 Å². The van der Waals surface area contributed by atoms with E-state index in [1.807, 2.05) is 60.7 Å². The van der Waals surface area contributed by atoms with E-state index < -0.39 is 41.7 Å². The molecule has 0 aliphatic rings. The molecule has 4 nitrogen and oxygen atoms in total. The lowest BCUT2D eigenvalue weighted by atomic mass is 10.0. The molecule has 0 aromatic heterocycles. The average Bonchev–Trinajstić information content (AvgIpc) is 2.75. The van der Waals surface area contributed by atoms with Gasteiger partial charge in [0.05, 0.1) is 18.6 Å². The minimum Gasteiger partial charge on any atom is -0.462 e. The van der Waals surface area contributed by atoms with Crippen LogP contribution in [-0.2, 0) is 20.7 Å². The summed E-state index contributed by atoms with van der Waals surface area (Å²) in [5.74, 6) is -3.53. The molecule has 0 aliphatic carbocycles. The standard InChI is InChI=1S/C24H20F2O4/c1-2-29-24(28)19-15-20(25)18(13-21(19)26)14-22(27)30-23(16-9-5-3-6-10-16)17-11-7-4-8-12-17/h3-13,15,23H,2,14H2,1H3. The molecule has 0 bridgehead atoms. The molecule has 3 aromatic rings. The second-order valence-corrected chi connectivity index (χ2v) is 6.51. The smallest absolute Gasteiger partial charge is 0.341 e. The monoisotopic (exact) mass is 410 g/mol. The molecule has 0 amide bonds. The Morgan fingerprint density at radius 1 is 0.867 bits per heavy atom. The summed E-state index contributed by atoms with van der Waals surface area (Å²) < 4.78 is 38.9. The Balaban J connectivity index is 1.81. The van der Waals surface area contributed by atoms with Crippen molar-refractivity contribution in [1.29, 1.82) is 0 Å². The molecular formula is C24H20F2O4. The fourth-order valence-electron chi connectivity index (χ4n) is 3.00. The third-order valence-electron chi connectivity index (χ3n) is 4.42. The Bertz CT molecular complexity index is 981. The molecule has 0 aliphatic heterocycles. The van der Waals surface area contributed by atoms with Gasteiger partial charge in [-0.15, -0.1) is 0 Å². The van der Waals surface area contributed by atoms with Gasteiger partial charge >= 0.3 is 11.9 Å². The molecule has 0 heterocycles. The fourth-order valence-corrected chi connectivity index (χ4v) is 3.00. The van der Waals surface area contributed by atoms with Crippen molar-refractivity contribution in [1.82, 2.24) is 0 Å². The van der Waals surface area contributed by atoms with Crippen LogP contribution in [0.2, 0.25) is 0 Å². The van der Waals surface area contributed by atoms with Crippen molar-refractivity contribution in [3.05, 3.63) is 107 Å². The number of rotatable bonds is 7. The largest absolute Gasteiger partial charge is 0.462 e. The first-order chi connectivity index (χ1) is 14.5. The van der Waals surface area contributed by atoms with Crippen LogP contribution in [0.5, 0.6) is 0 Å². The zero-order chi connectivity index (χ0) is 21.5. The van der Waals surface area contributed by atoms with Crippen LogP contribution in [0.3, 0.4) is 0 Å². The van der Waals surface area contributed by atoms with Gasteiger partial charge in [0.15, 0.2) is 6.10 Å². The van der Waals surface area contributed by atoms with Crippen LogP contribution in [0, 0.1) is 11.6 Å². The number of hydrogen-bond acceptors (Lipinski definition) is 4. The topological polar surface area (TPSA) is 52.6 Å². The Kier molecular flexibility index (Phi) is 6.91. The van der Waals surface area contributed by atoms with E-state index in [1.165, 1.54) is 0 Å². The van der Waals surface area contributed by atoms with Crippen molar-refractivity contribution in [3.63, 3.8) is 0 Å². The van der Waals surface area contributed by atoms with Crippen molar-refractivity contribution in [2.75, 3.05) is 6.61 Å². The average molecular weight is 410 g/mol. The minimum atomic E-state index is -0.962. The van der Waals surface area contributed by atoms with E-state index >= 15 is 0 Å². The predicted octanol–water partition coefficient (Wildman–Crippen LogP) is 5.02. The highest BCUT2D eigenvalue weighted by molar-refractivity contribution is 5.90. The van der Waals surface area contributed by atoms with E-state index in [4.69, 9.17) is 9.47 Å². The van der Waals surface area contributed by atoms with E-state index in [-0.39, 0.29) is 12.2 Å². The number of esters is 2. The lowest BCUT2D eigenvalue weighted by molar-refractivity contribution is -0.146. The summed E-state index contributed by atoms with van der Waals surface area (Å²) in [6.07, 6.45) is -1.17. The number of ether oxygens (including phenoxy) is 2. The van der Waals surface area contributed by atoms with Crippen molar-refractivity contribution >= 4 is 11.9 Å². The van der Waals surface area contributed by atoms with Crippen LogP contribution in [0.4, 0.5) is 8.78 Å². The maximum absolute atomic E-state index is 14.4. The van der Waals surface area contributed by atoms with Gasteiger partial charge in [-0.1, -0.05) is 60.7 Å². The van der Waals surface area contributed by atoms with E-state index in [0.29, 0.717) is 0 Å². The molecule has 0 fully saturated rings. The van der Waals surface area contributed by atoms with Gasteiger partial charge in [-0.2, -0.15) is 0 Å². The molecule has 0 spiro atoms. The summed E-state index contributed by atoms with van der Waals surface area (Å²) in [5, 5.41) is 0. The van der Waals surface area contributed by atoms with Crippen LogP contribution in [0.1, 0.15) is 40.1 Å². The lowest BCUT2D eigenvalue weighted by Crippen LogP contribution is -2.16. The summed E-state index contributed by atoms with van der Waals surface area (Å²) in [5.41, 5.74) is 0.783. The second-order valence-electron chi connectivity index (χ2n) is 6.51. The van der Waals surface area contributed by atoms with Gasteiger partial charge in [0.1, 0.15) is 11.6 Å². The molecule has 0 radical (unpaired) electrons. The Hall–Kier alpha value is -3.54. The van der Waals surface area contributed by atoms with Crippen LogP contribution in [-0.4, -0.2) is 18.5 Å². The Labute approximate surface area is 173 Å². The van der Waals surface area contributed by atoms with Gasteiger partial charge in [0.2, 0.25) is 0 Å². The highest BCUT2D eigenvalue weighted by Crippen LogP contribution is 2.27. The normalized spacial score (nSPS) is 10.7. The summed E-state index contributed by atoms with van der Waals surface area (Å²) >= 11 is 0. The molecule has 3 aromatic carbocycles. The zero-order valence-electron chi connectivity index (χ0n) is 16.3. The van der Waals surface area contributed by atoms with Crippen molar-refractivity contribution in [3.8, 4) is 0 Å². The van der Waals surface area contributed by atoms with Gasteiger partial charge in [0, 0.05) is 5.56 Å². The zero-order valence-corrected chi connectivity index (χ0v) is 16.3.